The molecule has 2 N–H and O–H groups in total. The van der Waals surface area contributed by atoms with Crippen molar-refractivity contribution in [1.29, 1.82) is 0 Å². The van der Waals surface area contributed by atoms with Gasteiger partial charge in [-0.15, -0.1) is 0 Å². The summed E-state index contributed by atoms with van der Waals surface area (Å²) in [5.41, 5.74) is 2.71. The fraction of sp³-hybridized carbons (Fsp3) is 0.435. The number of likely N-dealkylation sites (tertiary alicyclic amines) is 1. The maximum atomic E-state index is 12.2. The summed E-state index contributed by atoms with van der Waals surface area (Å²) in [4.78, 5) is 30.1. The molecule has 3 amide bonds. The molecule has 0 unspecified atom stereocenters. The molecule has 0 radical (unpaired) electrons. The minimum atomic E-state index is -0.271. The van der Waals surface area contributed by atoms with Crippen LogP contribution in [0.4, 0.5) is 10.5 Å². The summed E-state index contributed by atoms with van der Waals surface area (Å²) in [6.45, 7) is 1.84. The third-order valence-corrected chi connectivity index (χ3v) is 5.60. The lowest BCUT2D eigenvalue weighted by molar-refractivity contribution is -0.128. The molecule has 0 atom stereocenters. The Balaban J connectivity index is 1.24. The van der Waals surface area contributed by atoms with Gasteiger partial charge in [-0.3, -0.25) is 4.79 Å². The van der Waals surface area contributed by atoms with Crippen molar-refractivity contribution < 1.29 is 14.3 Å². The van der Waals surface area contributed by atoms with Gasteiger partial charge in [0.25, 0.3) is 0 Å². The number of hydrogen-bond donors (Lipinski definition) is 2. The fourth-order valence-electron chi connectivity index (χ4n) is 3.94. The second-order valence-corrected chi connectivity index (χ2v) is 7.95. The molecule has 4 rings (SSSR count). The molecule has 1 aromatic carbocycles. The van der Waals surface area contributed by atoms with Gasteiger partial charge < -0.3 is 20.3 Å². The smallest absolute Gasteiger partial charge is 0.319 e. The molecular formula is C23H28N4O3. The average molecular weight is 409 g/mol. The topological polar surface area (TPSA) is 83.6 Å². The molecule has 7 heteroatoms. The molecule has 1 aliphatic carbocycles. The van der Waals surface area contributed by atoms with Crippen molar-refractivity contribution in [2.75, 3.05) is 11.9 Å². The molecule has 30 heavy (non-hydrogen) atoms. The molecule has 1 aliphatic heterocycles. The lowest BCUT2D eigenvalue weighted by Gasteiger charge is -2.16. The van der Waals surface area contributed by atoms with Crippen LogP contribution in [0.25, 0.3) is 0 Å². The van der Waals surface area contributed by atoms with Crippen molar-refractivity contribution in [2.45, 2.75) is 57.7 Å². The Morgan fingerprint density at radius 2 is 1.90 bits per heavy atom. The van der Waals surface area contributed by atoms with Crippen LogP contribution < -0.4 is 15.4 Å². The van der Waals surface area contributed by atoms with E-state index in [1.807, 2.05) is 41.3 Å². The van der Waals surface area contributed by atoms with Crippen molar-refractivity contribution in [3.05, 3.63) is 53.7 Å². The monoisotopic (exact) mass is 408 g/mol. The van der Waals surface area contributed by atoms with E-state index in [4.69, 9.17) is 4.74 Å². The van der Waals surface area contributed by atoms with E-state index in [1.54, 1.807) is 6.20 Å². The molecule has 0 bridgehead atoms. The van der Waals surface area contributed by atoms with Crippen LogP contribution in [0.2, 0.25) is 0 Å². The highest BCUT2D eigenvalue weighted by molar-refractivity contribution is 5.89. The number of nitrogens with one attached hydrogen (secondary N) is 2. The Hall–Kier alpha value is -3.09. The Morgan fingerprint density at radius 3 is 2.63 bits per heavy atom. The Morgan fingerprint density at radius 1 is 1.10 bits per heavy atom. The second-order valence-electron chi connectivity index (χ2n) is 7.95. The Kier molecular flexibility index (Phi) is 6.47. The number of pyridine rings is 1. The van der Waals surface area contributed by atoms with Crippen LogP contribution in [0.5, 0.6) is 5.88 Å². The molecule has 2 heterocycles. The number of nitrogens with zero attached hydrogens (tertiary/aromatic N) is 2. The number of rotatable bonds is 7. The molecule has 1 aromatic heterocycles. The molecule has 2 aliphatic rings. The maximum Gasteiger partial charge on any atom is 0.319 e. The predicted molar refractivity (Wildman–Crippen MR) is 114 cm³/mol. The SMILES string of the molecule is O=C(NCc1ccnc(OC2CCCC2)c1)Nc1ccc(CN2CCCC2=O)cc1. The van der Waals surface area contributed by atoms with Gasteiger partial charge in [0.05, 0.1) is 0 Å². The van der Waals surface area contributed by atoms with Crippen LogP contribution >= 0.6 is 0 Å². The van der Waals surface area contributed by atoms with Gasteiger partial charge >= 0.3 is 6.03 Å². The predicted octanol–water partition coefficient (Wildman–Crippen LogP) is 3.85. The van der Waals surface area contributed by atoms with Gasteiger partial charge in [0.1, 0.15) is 6.10 Å². The first-order chi connectivity index (χ1) is 14.7. The van der Waals surface area contributed by atoms with Crippen molar-refractivity contribution in [1.82, 2.24) is 15.2 Å². The van der Waals surface area contributed by atoms with E-state index in [0.717, 1.165) is 36.9 Å². The van der Waals surface area contributed by atoms with Crippen LogP contribution in [0.15, 0.2) is 42.6 Å². The van der Waals surface area contributed by atoms with Gasteiger partial charge in [-0.25, -0.2) is 9.78 Å². The molecule has 158 valence electrons. The highest BCUT2D eigenvalue weighted by Crippen LogP contribution is 2.23. The highest BCUT2D eigenvalue weighted by Gasteiger charge is 2.20. The minimum absolute atomic E-state index is 0.212. The normalized spacial score (nSPS) is 16.7. The molecule has 1 saturated carbocycles. The molecule has 2 aromatic rings. The first-order valence-corrected chi connectivity index (χ1v) is 10.7. The quantitative estimate of drug-likeness (QED) is 0.729. The Bertz CT molecular complexity index is 878. The summed E-state index contributed by atoms with van der Waals surface area (Å²) in [7, 11) is 0. The third-order valence-electron chi connectivity index (χ3n) is 5.60. The third kappa shape index (κ3) is 5.49. The van der Waals surface area contributed by atoms with Crippen LogP contribution in [-0.4, -0.2) is 34.5 Å². The first kappa shape index (κ1) is 20.2. The van der Waals surface area contributed by atoms with E-state index in [0.29, 0.717) is 31.1 Å². The standard InChI is InChI=1S/C23H28N4O3/c28-22-6-3-13-27(22)16-17-7-9-19(10-8-17)26-23(29)25-15-18-11-12-24-21(14-18)30-20-4-1-2-5-20/h7-12,14,20H,1-6,13,15-16H2,(H2,25,26,29). The van der Waals surface area contributed by atoms with Gasteiger partial charge in [-0.05, 0) is 61.4 Å². The number of carbonyl (C=O) groups is 2. The largest absolute Gasteiger partial charge is 0.474 e. The number of hydrogen-bond acceptors (Lipinski definition) is 4. The van der Waals surface area contributed by atoms with Gasteiger partial charge in [0, 0.05) is 44.0 Å². The molecular weight excluding hydrogens is 380 g/mol. The van der Waals surface area contributed by atoms with Crippen LogP contribution in [0.3, 0.4) is 0 Å². The summed E-state index contributed by atoms with van der Waals surface area (Å²) >= 11 is 0. The summed E-state index contributed by atoms with van der Waals surface area (Å²) in [6.07, 6.45) is 8.14. The summed E-state index contributed by atoms with van der Waals surface area (Å²) in [5.74, 6) is 0.832. The molecule has 2 fully saturated rings. The van der Waals surface area contributed by atoms with Crippen LogP contribution in [0.1, 0.15) is 49.7 Å². The Labute approximate surface area is 176 Å². The number of urea groups is 1. The number of ether oxygens (including phenoxy) is 1. The van der Waals surface area contributed by atoms with Crippen molar-refractivity contribution in [3.8, 4) is 5.88 Å². The van der Waals surface area contributed by atoms with E-state index in [9.17, 15) is 9.59 Å². The number of anilines is 1. The molecule has 1 saturated heterocycles. The van der Waals surface area contributed by atoms with Gasteiger partial charge in [-0.1, -0.05) is 12.1 Å². The van der Waals surface area contributed by atoms with Crippen LogP contribution in [-0.2, 0) is 17.9 Å². The maximum absolute atomic E-state index is 12.2. The van der Waals surface area contributed by atoms with E-state index in [1.165, 1.54) is 12.8 Å². The van der Waals surface area contributed by atoms with Crippen molar-refractivity contribution in [3.63, 3.8) is 0 Å². The number of amides is 3. The van der Waals surface area contributed by atoms with E-state index >= 15 is 0 Å². The van der Waals surface area contributed by atoms with Gasteiger partial charge in [0.2, 0.25) is 11.8 Å². The lowest BCUT2D eigenvalue weighted by atomic mass is 10.2. The molecule has 7 nitrogen and oxygen atoms in total. The highest BCUT2D eigenvalue weighted by atomic mass is 16.5. The van der Waals surface area contributed by atoms with E-state index in [-0.39, 0.29) is 18.0 Å². The lowest BCUT2D eigenvalue weighted by Crippen LogP contribution is -2.28. The number of aromatic nitrogens is 1. The minimum Gasteiger partial charge on any atom is -0.474 e. The first-order valence-electron chi connectivity index (χ1n) is 10.7. The summed E-state index contributed by atoms with van der Waals surface area (Å²) < 4.78 is 5.92. The summed E-state index contributed by atoms with van der Waals surface area (Å²) in [5, 5.41) is 5.70. The van der Waals surface area contributed by atoms with E-state index in [2.05, 4.69) is 15.6 Å². The number of carbonyl (C=O) groups excluding carboxylic acids is 2. The zero-order valence-electron chi connectivity index (χ0n) is 17.1. The number of benzene rings is 1. The van der Waals surface area contributed by atoms with E-state index < -0.39 is 0 Å². The zero-order valence-corrected chi connectivity index (χ0v) is 17.1. The van der Waals surface area contributed by atoms with Gasteiger partial charge in [-0.2, -0.15) is 0 Å². The van der Waals surface area contributed by atoms with Crippen molar-refractivity contribution >= 4 is 17.6 Å². The van der Waals surface area contributed by atoms with Gasteiger partial charge in [0.15, 0.2) is 0 Å². The average Bonchev–Trinajstić information content (AvgIpc) is 3.40. The second kappa shape index (κ2) is 9.61. The molecule has 0 spiro atoms. The fourth-order valence-corrected chi connectivity index (χ4v) is 3.94. The van der Waals surface area contributed by atoms with Crippen LogP contribution in [0, 0.1) is 0 Å². The summed E-state index contributed by atoms with van der Waals surface area (Å²) in [6, 6.07) is 11.1. The van der Waals surface area contributed by atoms with Crippen molar-refractivity contribution in [2.24, 2.45) is 0 Å². The zero-order chi connectivity index (χ0) is 20.8.